The van der Waals surface area contributed by atoms with Crippen LogP contribution in [0.25, 0.3) is 0 Å². The Morgan fingerprint density at radius 3 is 2.05 bits per heavy atom. The molecule has 0 atom stereocenters. The van der Waals surface area contributed by atoms with E-state index in [1.165, 1.54) is 36.8 Å². The highest BCUT2D eigenvalue weighted by atomic mass is 16.5. The summed E-state index contributed by atoms with van der Waals surface area (Å²) in [4.78, 5) is 33.4. The van der Waals surface area contributed by atoms with Crippen LogP contribution in [-0.2, 0) is 27.5 Å². The Labute approximate surface area is 218 Å². The number of ether oxygens (including phenoxy) is 1. The number of carbonyl (C=O) groups is 3. The summed E-state index contributed by atoms with van der Waals surface area (Å²) in [6.07, 6.45) is 9.41. The molecule has 3 N–H and O–H groups in total. The van der Waals surface area contributed by atoms with E-state index in [-0.39, 0.29) is 5.92 Å². The van der Waals surface area contributed by atoms with Crippen LogP contribution in [0, 0.1) is 5.92 Å². The summed E-state index contributed by atoms with van der Waals surface area (Å²) >= 11 is 0. The molecular formula is C29H38N2O6. The molecule has 1 saturated heterocycles. The predicted octanol–water partition coefficient (Wildman–Crippen LogP) is 4.47. The maximum Gasteiger partial charge on any atom is 0.414 e. The minimum absolute atomic E-state index is 0.181. The first-order valence-corrected chi connectivity index (χ1v) is 13.2. The van der Waals surface area contributed by atoms with Crippen LogP contribution in [0.4, 0.5) is 0 Å². The average Bonchev–Trinajstić information content (AvgIpc) is 3.18. The van der Waals surface area contributed by atoms with Crippen molar-refractivity contribution in [2.75, 3.05) is 13.1 Å². The molecule has 1 aliphatic heterocycles. The molecule has 1 heterocycles. The number of hydrogen-bond acceptors (Lipinski definition) is 5. The number of rotatable bonds is 7. The van der Waals surface area contributed by atoms with Gasteiger partial charge in [0, 0.05) is 18.5 Å². The van der Waals surface area contributed by atoms with Gasteiger partial charge in [-0.15, -0.1) is 0 Å². The number of carbonyl (C=O) groups excluding carboxylic acids is 1. The molecule has 200 valence electrons. The fraction of sp³-hybridized carbons (Fsp3) is 0.483. The van der Waals surface area contributed by atoms with Crippen LogP contribution in [0.1, 0.15) is 62.5 Å². The van der Waals surface area contributed by atoms with Crippen molar-refractivity contribution in [2.24, 2.45) is 5.92 Å². The largest absolute Gasteiger partial charge is 0.489 e. The van der Waals surface area contributed by atoms with Crippen molar-refractivity contribution >= 4 is 17.8 Å². The van der Waals surface area contributed by atoms with Gasteiger partial charge in [-0.05, 0) is 62.0 Å². The van der Waals surface area contributed by atoms with Gasteiger partial charge in [0.25, 0.3) is 0 Å². The number of aliphatic carboxylic acids is 2. The molecule has 0 spiro atoms. The Morgan fingerprint density at radius 2 is 1.43 bits per heavy atom. The quantitative estimate of drug-likeness (QED) is 0.372. The monoisotopic (exact) mass is 510 g/mol. The number of hydrogen-bond donors (Lipinski definition) is 3. The van der Waals surface area contributed by atoms with Gasteiger partial charge in [-0.1, -0.05) is 68.1 Å². The Bertz CT molecular complexity index is 984. The van der Waals surface area contributed by atoms with Crippen LogP contribution in [0.3, 0.4) is 0 Å². The van der Waals surface area contributed by atoms with Crippen molar-refractivity contribution in [3.05, 3.63) is 65.7 Å². The summed E-state index contributed by atoms with van der Waals surface area (Å²) in [7, 11) is 0. The molecule has 0 bridgehead atoms. The van der Waals surface area contributed by atoms with E-state index in [0.29, 0.717) is 18.6 Å². The molecule has 2 aliphatic rings. The number of benzene rings is 2. The summed E-state index contributed by atoms with van der Waals surface area (Å²) in [5, 5.41) is 18.1. The second-order valence-corrected chi connectivity index (χ2v) is 9.78. The van der Waals surface area contributed by atoms with Gasteiger partial charge in [0.2, 0.25) is 5.91 Å². The lowest BCUT2D eigenvalue weighted by atomic mass is 9.94. The normalized spacial score (nSPS) is 17.1. The lowest BCUT2D eigenvalue weighted by Gasteiger charge is -2.32. The molecule has 0 unspecified atom stereocenters. The smallest absolute Gasteiger partial charge is 0.414 e. The van der Waals surface area contributed by atoms with E-state index in [2.05, 4.69) is 40.5 Å². The van der Waals surface area contributed by atoms with Crippen molar-refractivity contribution in [1.82, 2.24) is 10.2 Å². The summed E-state index contributed by atoms with van der Waals surface area (Å²) < 4.78 is 5.98. The van der Waals surface area contributed by atoms with Gasteiger partial charge in [-0.3, -0.25) is 9.69 Å². The Morgan fingerprint density at radius 1 is 0.811 bits per heavy atom. The van der Waals surface area contributed by atoms with Gasteiger partial charge in [-0.25, -0.2) is 9.59 Å². The lowest BCUT2D eigenvalue weighted by Crippen LogP contribution is -2.43. The molecule has 1 aliphatic carbocycles. The molecule has 2 fully saturated rings. The minimum atomic E-state index is -1.82. The SMILES string of the molecule is O=C(NC1CCCCCC1)C1CCN(Cc2cccc(OCc3ccccc3)c2)CC1.O=C(O)C(=O)O. The standard InChI is InChI=1S/C27H36N2O2.C2H2O4/c30-27(28-25-12-6-1-2-7-13-25)24-15-17-29(18-16-24)20-23-11-8-14-26(19-23)31-21-22-9-4-3-5-10-22;3-1(4)2(5)6/h3-5,8-11,14,19,24-25H,1-2,6-7,12-13,15-18,20-21H2,(H,28,30);(H,3,4)(H,5,6). The number of nitrogens with one attached hydrogen (secondary N) is 1. The summed E-state index contributed by atoms with van der Waals surface area (Å²) in [6, 6.07) is 19.1. The maximum absolute atomic E-state index is 12.7. The zero-order valence-corrected chi connectivity index (χ0v) is 21.3. The van der Waals surface area contributed by atoms with Crippen molar-refractivity contribution in [3.8, 4) is 5.75 Å². The molecule has 4 rings (SSSR count). The molecule has 8 heteroatoms. The van der Waals surface area contributed by atoms with Crippen molar-refractivity contribution in [3.63, 3.8) is 0 Å². The van der Waals surface area contributed by atoms with Crippen LogP contribution in [0.15, 0.2) is 54.6 Å². The molecule has 2 aromatic rings. The predicted molar refractivity (Wildman–Crippen MR) is 140 cm³/mol. The number of carboxylic acid groups (broad SMARTS) is 2. The highest BCUT2D eigenvalue weighted by Gasteiger charge is 2.26. The van der Waals surface area contributed by atoms with Crippen LogP contribution in [-0.4, -0.2) is 52.1 Å². The van der Waals surface area contributed by atoms with E-state index in [1.54, 1.807) is 0 Å². The fourth-order valence-corrected chi connectivity index (χ4v) is 4.83. The first-order chi connectivity index (χ1) is 17.9. The van der Waals surface area contributed by atoms with Gasteiger partial charge >= 0.3 is 11.9 Å². The van der Waals surface area contributed by atoms with Crippen LogP contribution >= 0.6 is 0 Å². The number of piperidine rings is 1. The van der Waals surface area contributed by atoms with E-state index in [0.717, 1.165) is 51.1 Å². The van der Waals surface area contributed by atoms with Gasteiger partial charge in [-0.2, -0.15) is 0 Å². The van der Waals surface area contributed by atoms with Crippen molar-refractivity contribution < 1.29 is 29.3 Å². The Kier molecular flexibility index (Phi) is 11.4. The molecular weight excluding hydrogens is 472 g/mol. The van der Waals surface area contributed by atoms with E-state index in [9.17, 15) is 4.79 Å². The molecule has 1 saturated carbocycles. The minimum Gasteiger partial charge on any atom is -0.489 e. The van der Waals surface area contributed by atoms with Crippen molar-refractivity contribution in [1.29, 1.82) is 0 Å². The summed E-state index contributed by atoms with van der Waals surface area (Å²) in [5.74, 6) is -2.26. The van der Waals surface area contributed by atoms with E-state index in [4.69, 9.17) is 24.5 Å². The number of carboxylic acids is 2. The molecule has 37 heavy (non-hydrogen) atoms. The van der Waals surface area contributed by atoms with Gasteiger partial charge in [0.1, 0.15) is 12.4 Å². The third kappa shape index (κ3) is 10.2. The van der Waals surface area contributed by atoms with Crippen LogP contribution < -0.4 is 10.1 Å². The number of amides is 1. The van der Waals surface area contributed by atoms with Crippen LogP contribution in [0.5, 0.6) is 5.75 Å². The van der Waals surface area contributed by atoms with Gasteiger partial charge in [0.05, 0.1) is 0 Å². The van der Waals surface area contributed by atoms with E-state index in [1.807, 2.05) is 24.3 Å². The molecule has 1 amide bonds. The third-order valence-electron chi connectivity index (χ3n) is 6.90. The summed E-state index contributed by atoms with van der Waals surface area (Å²) in [5.41, 5.74) is 2.45. The Balaban J connectivity index is 0.000000568. The zero-order chi connectivity index (χ0) is 26.5. The molecule has 2 aromatic carbocycles. The second kappa shape index (κ2) is 15.0. The fourth-order valence-electron chi connectivity index (χ4n) is 4.83. The second-order valence-electron chi connectivity index (χ2n) is 9.78. The highest BCUT2D eigenvalue weighted by Crippen LogP contribution is 2.23. The number of nitrogens with zero attached hydrogens (tertiary/aromatic N) is 1. The highest BCUT2D eigenvalue weighted by molar-refractivity contribution is 6.27. The molecule has 8 nitrogen and oxygen atoms in total. The third-order valence-corrected chi connectivity index (χ3v) is 6.90. The van der Waals surface area contributed by atoms with Gasteiger partial charge in [0.15, 0.2) is 0 Å². The first-order valence-electron chi connectivity index (χ1n) is 13.2. The van der Waals surface area contributed by atoms with E-state index < -0.39 is 11.9 Å². The average molecular weight is 511 g/mol. The first kappa shape index (κ1) is 28.2. The summed E-state index contributed by atoms with van der Waals surface area (Å²) in [6.45, 7) is 3.47. The topological polar surface area (TPSA) is 116 Å². The van der Waals surface area contributed by atoms with E-state index >= 15 is 0 Å². The van der Waals surface area contributed by atoms with Crippen LogP contribution in [0.2, 0.25) is 0 Å². The molecule has 0 radical (unpaired) electrons. The number of likely N-dealkylation sites (tertiary alicyclic amines) is 1. The maximum atomic E-state index is 12.7. The lowest BCUT2D eigenvalue weighted by molar-refractivity contribution is -0.159. The molecule has 0 aromatic heterocycles. The van der Waals surface area contributed by atoms with Crippen molar-refractivity contribution in [2.45, 2.75) is 70.6 Å². The zero-order valence-electron chi connectivity index (χ0n) is 21.3. The Hall–Kier alpha value is -3.39. The van der Waals surface area contributed by atoms with Gasteiger partial charge < -0.3 is 20.3 Å².